The van der Waals surface area contributed by atoms with Crippen molar-refractivity contribution in [2.45, 2.75) is 80.1 Å². The Kier molecular flexibility index (Phi) is 9.38. The summed E-state index contributed by atoms with van der Waals surface area (Å²) in [5, 5.41) is 0. The molecule has 0 aromatic rings. The molecule has 0 N–H and O–H groups in total. The molecule has 4 heteroatoms. The van der Waals surface area contributed by atoms with Crippen molar-refractivity contribution in [2.24, 2.45) is 10.8 Å². The van der Waals surface area contributed by atoms with Gasteiger partial charge in [-0.05, 0) is 53.4 Å². The summed E-state index contributed by atoms with van der Waals surface area (Å²) in [6.45, 7) is 12.6. The highest BCUT2D eigenvalue weighted by Gasteiger charge is 2.35. The predicted molar refractivity (Wildman–Crippen MR) is 88.5 cm³/mol. The van der Waals surface area contributed by atoms with Gasteiger partial charge in [0.2, 0.25) is 0 Å². The number of carbonyl (C=O) groups excluding carboxylic acids is 2. The molecule has 22 heavy (non-hydrogen) atoms. The van der Waals surface area contributed by atoms with E-state index >= 15 is 0 Å². The van der Waals surface area contributed by atoms with Crippen molar-refractivity contribution in [3.8, 4) is 0 Å². The van der Waals surface area contributed by atoms with Crippen LogP contribution in [0.25, 0.3) is 0 Å². The van der Waals surface area contributed by atoms with Crippen LogP contribution in [0.5, 0.6) is 0 Å². The van der Waals surface area contributed by atoms with E-state index in [4.69, 9.17) is 9.47 Å². The second-order valence-corrected chi connectivity index (χ2v) is 7.25. The van der Waals surface area contributed by atoms with Crippen molar-refractivity contribution < 1.29 is 19.1 Å². The molecule has 0 atom stereocenters. The lowest BCUT2D eigenvalue weighted by molar-refractivity contribution is -0.158. The molecule has 0 bridgehead atoms. The Morgan fingerprint density at radius 1 is 0.727 bits per heavy atom. The maximum absolute atomic E-state index is 12.1. The Hall–Kier alpha value is -1.06. The van der Waals surface area contributed by atoms with E-state index in [0.29, 0.717) is 26.1 Å². The molecule has 130 valence electrons. The van der Waals surface area contributed by atoms with Gasteiger partial charge in [0.1, 0.15) is 0 Å². The van der Waals surface area contributed by atoms with Gasteiger partial charge in [-0.25, -0.2) is 0 Å². The highest BCUT2D eigenvalue weighted by atomic mass is 16.5. The lowest BCUT2D eigenvalue weighted by atomic mass is 9.79. The molecule has 0 rings (SSSR count). The first-order chi connectivity index (χ1) is 10.2. The van der Waals surface area contributed by atoms with Gasteiger partial charge in [-0.3, -0.25) is 9.59 Å². The zero-order chi connectivity index (χ0) is 17.2. The highest BCUT2D eigenvalue weighted by molar-refractivity contribution is 5.77. The molecule has 0 saturated carbocycles. The normalized spacial score (nSPS) is 12.1. The topological polar surface area (TPSA) is 52.6 Å². The van der Waals surface area contributed by atoms with Crippen molar-refractivity contribution in [3.05, 3.63) is 0 Å². The number of rotatable bonds is 11. The third-order valence-corrected chi connectivity index (χ3v) is 3.94. The molecule has 0 fully saturated rings. The maximum atomic E-state index is 12.1. The zero-order valence-corrected chi connectivity index (χ0v) is 15.3. The van der Waals surface area contributed by atoms with E-state index in [9.17, 15) is 9.59 Å². The van der Waals surface area contributed by atoms with E-state index in [-0.39, 0.29) is 11.9 Å². The monoisotopic (exact) mass is 314 g/mol. The van der Waals surface area contributed by atoms with Crippen molar-refractivity contribution in [1.82, 2.24) is 0 Å². The minimum absolute atomic E-state index is 0.184. The summed E-state index contributed by atoms with van der Waals surface area (Å²) >= 11 is 0. The summed E-state index contributed by atoms with van der Waals surface area (Å²) < 4.78 is 10.6. The van der Waals surface area contributed by atoms with Crippen LogP contribution in [0.1, 0.15) is 80.1 Å². The van der Waals surface area contributed by atoms with Gasteiger partial charge >= 0.3 is 11.9 Å². The van der Waals surface area contributed by atoms with Gasteiger partial charge in [-0.15, -0.1) is 0 Å². The summed E-state index contributed by atoms with van der Waals surface area (Å²) in [7, 11) is 0. The molecule has 0 unspecified atom stereocenters. The van der Waals surface area contributed by atoms with Crippen molar-refractivity contribution in [2.75, 3.05) is 13.2 Å². The molecular weight excluding hydrogens is 280 g/mol. The number of hydrogen-bond donors (Lipinski definition) is 0. The van der Waals surface area contributed by atoms with Crippen LogP contribution >= 0.6 is 0 Å². The maximum Gasteiger partial charge on any atom is 0.311 e. The third-order valence-electron chi connectivity index (χ3n) is 3.94. The number of unbranched alkanes of at least 4 members (excludes halogenated alkanes) is 2. The lowest BCUT2D eigenvalue weighted by Gasteiger charge is -2.28. The fourth-order valence-electron chi connectivity index (χ4n) is 1.84. The van der Waals surface area contributed by atoms with Gasteiger partial charge in [0.15, 0.2) is 0 Å². The van der Waals surface area contributed by atoms with Gasteiger partial charge in [0, 0.05) is 0 Å². The second kappa shape index (κ2) is 9.86. The Morgan fingerprint density at radius 3 is 1.32 bits per heavy atom. The first-order valence-corrected chi connectivity index (χ1v) is 8.52. The predicted octanol–water partition coefficient (Wildman–Crippen LogP) is 4.51. The number of hydrogen-bond acceptors (Lipinski definition) is 4. The van der Waals surface area contributed by atoms with Crippen molar-refractivity contribution >= 4 is 11.9 Å². The molecule has 4 nitrogen and oxygen atoms in total. The molecule has 0 aromatic carbocycles. The van der Waals surface area contributed by atoms with Crippen molar-refractivity contribution in [3.63, 3.8) is 0 Å². The van der Waals surface area contributed by atoms with E-state index in [1.165, 1.54) is 0 Å². The average molecular weight is 314 g/mol. The van der Waals surface area contributed by atoms with Crippen LogP contribution in [-0.2, 0) is 19.1 Å². The van der Waals surface area contributed by atoms with Gasteiger partial charge < -0.3 is 9.47 Å². The molecule has 0 aliphatic rings. The summed E-state index contributed by atoms with van der Waals surface area (Å²) in [6, 6.07) is 0. The molecule has 0 aliphatic carbocycles. The number of esters is 2. The molecule has 0 aliphatic heterocycles. The molecule has 0 amide bonds. The largest absolute Gasteiger partial charge is 0.465 e. The quantitative estimate of drug-likeness (QED) is 0.416. The van der Waals surface area contributed by atoms with Crippen molar-refractivity contribution in [1.29, 1.82) is 0 Å². The summed E-state index contributed by atoms with van der Waals surface area (Å²) in [4.78, 5) is 24.2. The molecule has 0 radical (unpaired) electrons. The lowest BCUT2D eigenvalue weighted by Crippen LogP contribution is -2.32. The van der Waals surface area contributed by atoms with E-state index < -0.39 is 10.8 Å². The Morgan fingerprint density at radius 2 is 1.05 bits per heavy atom. The Balaban J connectivity index is 4.36. The zero-order valence-electron chi connectivity index (χ0n) is 15.3. The van der Waals surface area contributed by atoms with Crippen LogP contribution in [0.4, 0.5) is 0 Å². The smallest absolute Gasteiger partial charge is 0.311 e. The highest BCUT2D eigenvalue weighted by Crippen LogP contribution is 2.33. The number of ether oxygens (including phenoxy) is 2. The molecule has 0 saturated heterocycles. The fraction of sp³-hybridized carbons (Fsp3) is 0.889. The third kappa shape index (κ3) is 7.81. The summed E-state index contributed by atoms with van der Waals surface area (Å²) in [5.41, 5.74) is -1.15. The van der Waals surface area contributed by atoms with Crippen LogP contribution in [0.2, 0.25) is 0 Å². The van der Waals surface area contributed by atoms with Crippen LogP contribution in [0, 0.1) is 10.8 Å². The minimum atomic E-state index is -0.575. The minimum Gasteiger partial charge on any atom is -0.465 e. The molecule has 0 spiro atoms. The number of carbonyl (C=O) groups is 2. The molecule has 0 heterocycles. The average Bonchev–Trinajstić information content (AvgIpc) is 2.45. The molecular formula is C18H34O4. The Labute approximate surface area is 135 Å². The second-order valence-electron chi connectivity index (χ2n) is 7.25. The van der Waals surface area contributed by atoms with Gasteiger partial charge in [0.05, 0.1) is 24.0 Å². The van der Waals surface area contributed by atoms with Gasteiger partial charge in [-0.2, -0.15) is 0 Å². The standard InChI is InChI=1S/C18H34O4/c1-7-9-13-21-15(19)17(3,4)11-12-18(5,6)16(20)22-14-10-8-2/h7-14H2,1-6H3. The summed E-state index contributed by atoms with van der Waals surface area (Å²) in [6.07, 6.45) is 4.99. The van der Waals surface area contributed by atoms with Crippen LogP contribution < -0.4 is 0 Å². The van der Waals surface area contributed by atoms with Crippen LogP contribution in [0.15, 0.2) is 0 Å². The van der Waals surface area contributed by atoms with Crippen LogP contribution in [0.3, 0.4) is 0 Å². The van der Waals surface area contributed by atoms with E-state index in [0.717, 1.165) is 25.7 Å². The summed E-state index contributed by atoms with van der Waals surface area (Å²) in [5.74, 6) is -0.368. The van der Waals surface area contributed by atoms with E-state index in [1.807, 2.05) is 27.7 Å². The SMILES string of the molecule is CCCCOC(=O)C(C)(C)CCC(C)(C)C(=O)OCCCC. The molecule has 0 aromatic heterocycles. The van der Waals surface area contributed by atoms with Gasteiger partial charge in [0.25, 0.3) is 0 Å². The van der Waals surface area contributed by atoms with E-state index in [1.54, 1.807) is 0 Å². The first-order valence-electron chi connectivity index (χ1n) is 8.52. The first kappa shape index (κ1) is 20.9. The van der Waals surface area contributed by atoms with Crippen LogP contribution in [-0.4, -0.2) is 25.2 Å². The fourth-order valence-corrected chi connectivity index (χ4v) is 1.84. The van der Waals surface area contributed by atoms with E-state index in [2.05, 4.69) is 13.8 Å². The Bertz CT molecular complexity index is 311. The van der Waals surface area contributed by atoms with Gasteiger partial charge in [-0.1, -0.05) is 26.7 Å².